The Morgan fingerprint density at radius 2 is 1.45 bits per heavy atom. The molecule has 0 bridgehead atoms. The number of hydrogen-bond acceptors (Lipinski definition) is 3. The predicted molar refractivity (Wildman–Crippen MR) is 112 cm³/mol. The summed E-state index contributed by atoms with van der Waals surface area (Å²) in [7, 11) is 0. The first-order valence-electron chi connectivity index (χ1n) is 9.59. The molecule has 0 unspecified atom stereocenters. The van der Waals surface area contributed by atoms with Crippen molar-refractivity contribution < 1.29 is 22.8 Å². The van der Waals surface area contributed by atoms with Crippen LogP contribution in [0.15, 0.2) is 72.4 Å². The van der Waals surface area contributed by atoms with Gasteiger partial charge in [-0.2, -0.15) is 0 Å². The molecule has 1 heterocycles. The number of benzene rings is 3. The number of nitrogens with zero attached hydrogens (tertiary/aromatic N) is 1. The number of anilines is 2. The summed E-state index contributed by atoms with van der Waals surface area (Å²) in [6.07, 6.45) is 0.827. The second-order valence-corrected chi connectivity index (χ2v) is 6.97. The predicted octanol–water partition coefficient (Wildman–Crippen LogP) is 5.06. The maximum Gasteiger partial charge on any atom is 0.282 e. The van der Waals surface area contributed by atoms with E-state index < -0.39 is 35.0 Å². The first-order chi connectivity index (χ1) is 14.9. The molecule has 0 saturated carbocycles. The highest BCUT2D eigenvalue weighted by Crippen LogP contribution is 2.35. The van der Waals surface area contributed by atoms with Gasteiger partial charge < -0.3 is 5.32 Å². The van der Waals surface area contributed by atoms with Gasteiger partial charge in [0.25, 0.3) is 11.8 Å². The Bertz CT molecular complexity index is 1200. The lowest BCUT2D eigenvalue weighted by Gasteiger charge is -2.16. The maximum absolute atomic E-state index is 14.4. The van der Waals surface area contributed by atoms with Gasteiger partial charge in [-0.25, -0.2) is 18.1 Å². The molecule has 4 rings (SSSR count). The first-order valence-corrected chi connectivity index (χ1v) is 9.59. The Kier molecular flexibility index (Phi) is 5.33. The Balaban J connectivity index is 1.82. The molecule has 0 spiro atoms. The summed E-state index contributed by atoms with van der Waals surface area (Å²) in [5.74, 6) is -3.91. The highest BCUT2D eigenvalue weighted by molar-refractivity contribution is 6.46. The van der Waals surface area contributed by atoms with Gasteiger partial charge in [-0.1, -0.05) is 31.2 Å². The van der Waals surface area contributed by atoms with E-state index in [9.17, 15) is 22.8 Å². The average Bonchev–Trinajstić information content (AvgIpc) is 3.00. The van der Waals surface area contributed by atoms with E-state index in [4.69, 9.17) is 0 Å². The number of carbonyl (C=O) groups is 2. The third-order valence-electron chi connectivity index (χ3n) is 5.00. The molecule has 3 aromatic carbocycles. The normalized spacial score (nSPS) is 13.9. The van der Waals surface area contributed by atoms with E-state index in [0.717, 1.165) is 42.3 Å². The Morgan fingerprint density at radius 3 is 2.10 bits per heavy atom. The van der Waals surface area contributed by atoms with Crippen molar-refractivity contribution in [3.63, 3.8) is 0 Å². The SMILES string of the molecule is CCc1ccc(NC2=C(c3ccc(F)cc3)C(=O)N(c3cc(F)ccc3F)C2=O)cc1. The minimum atomic E-state index is -0.921. The second-order valence-electron chi connectivity index (χ2n) is 6.97. The van der Waals surface area contributed by atoms with Crippen molar-refractivity contribution in [1.82, 2.24) is 0 Å². The van der Waals surface area contributed by atoms with Crippen LogP contribution in [0.5, 0.6) is 0 Å². The van der Waals surface area contributed by atoms with Crippen molar-refractivity contribution in [2.24, 2.45) is 0 Å². The van der Waals surface area contributed by atoms with Gasteiger partial charge in [-0.15, -0.1) is 0 Å². The van der Waals surface area contributed by atoms with E-state index in [0.29, 0.717) is 10.6 Å². The summed E-state index contributed by atoms with van der Waals surface area (Å²) in [5.41, 5.74) is 1.22. The standard InChI is InChI=1S/C24H17F3N2O2/c1-2-14-3-10-18(11-4-14)28-22-21(15-5-7-16(25)8-6-15)23(30)29(24(22)31)20-13-17(26)9-12-19(20)27/h3-13,28H,2H2,1H3. The first kappa shape index (κ1) is 20.4. The fourth-order valence-corrected chi connectivity index (χ4v) is 3.37. The lowest BCUT2D eigenvalue weighted by molar-refractivity contribution is -0.120. The van der Waals surface area contributed by atoms with Crippen molar-refractivity contribution in [1.29, 1.82) is 0 Å². The molecule has 1 aliphatic heterocycles. The van der Waals surface area contributed by atoms with E-state index in [1.807, 2.05) is 19.1 Å². The Morgan fingerprint density at radius 1 is 0.806 bits per heavy atom. The zero-order valence-electron chi connectivity index (χ0n) is 16.5. The smallest absolute Gasteiger partial charge is 0.282 e. The minimum Gasteiger partial charge on any atom is -0.350 e. The number of rotatable bonds is 5. The van der Waals surface area contributed by atoms with Crippen LogP contribution in [0.25, 0.3) is 5.57 Å². The van der Waals surface area contributed by atoms with E-state index >= 15 is 0 Å². The molecule has 0 aliphatic carbocycles. The van der Waals surface area contributed by atoms with Crippen LogP contribution >= 0.6 is 0 Å². The van der Waals surface area contributed by atoms with Gasteiger partial charge in [0.2, 0.25) is 0 Å². The van der Waals surface area contributed by atoms with Crippen LogP contribution in [0.2, 0.25) is 0 Å². The number of amides is 2. The van der Waals surface area contributed by atoms with Gasteiger partial charge in [0.1, 0.15) is 23.1 Å². The van der Waals surface area contributed by atoms with Crippen molar-refractivity contribution in [3.8, 4) is 0 Å². The average molecular weight is 422 g/mol. The monoisotopic (exact) mass is 422 g/mol. The van der Waals surface area contributed by atoms with Gasteiger partial charge in [0.15, 0.2) is 0 Å². The highest BCUT2D eigenvalue weighted by atomic mass is 19.1. The second kappa shape index (κ2) is 8.10. The molecular formula is C24H17F3N2O2. The number of hydrogen-bond donors (Lipinski definition) is 1. The zero-order valence-corrected chi connectivity index (χ0v) is 16.5. The molecule has 156 valence electrons. The summed E-state index contributed by atoms with van der Waals surface area (Å²) in [4.78, 5) is 27.0. The molecule has 1 N–H and O–H groups in total. The van der Waals surface area contributed by atoms with E-state index in [1.165, 1.54) is 12.1 Å². The summed E-state index contributed by atoms with van der Waals surface area (Å²) >= 11 is 0. The summed E-state index contributed by atoms with van der Waals surface area (Å²) in [5, 5.41) is 2.93. The summed E-state index contributed by atoms with van der Waals surface area (Å²) in [6, 6.07) is 14.8. The van der Waals surface area contributed by atoms with Gasteiger partial charge in [0.05, 0.1) is 11.3 Å². The van der Waals surface area contributed by atoms with Gasteiger partial charge in [-0.3, -0.25) is 9.59 Å². The Hall–Kier alpha value is -3.87. The van der Waals surface area contributed by atoms with Crippen LogP contribution in [0, 0.1) is 17.5 Å². The lowest BCUT2D eigenvalue weighted by atomic mass is 10.0. The van der Waals surface area contributed by atoms with Crippen LogP contribution in [0.4, 0.5) is 24.5 Å². The zero-order chi connectivity index (χ0) is 22.1. The van der Waals surface area contributed by atoms with Gasteiger partial charge >= 0.3 is 0 Å². The highest BCUT2D eigenvalue weighted by Gasteiger charge is 2.41. The molecule has 0 atom stereocenters. The molecule has 3 aromatic rings. The quantitative estimate of drug-likeness (QED) is 0.585. The molecular weight excluding hydrogens is 405 g/mol. The van der Waals surface area contributed by atoms with Crippen molar-refractivity contribution in [2.45, 2.75) is 13.3 Å². The maximum atomic E-state index is 14.4. The number of carbonyl (C=O) groups excluding carboxylic acids is 2. The molecule has 0 aromatic heterocycles. The molecule has 0 fully saturated rings. The van der Waals surface area contributed by atoms with Crippen LogP contribution < -0.4 is 10.2 Å². The summed E-state index contributed by atoms with van der Waals surface area (Å²) in [6.45, 7) is 2.00. The van der Waals surface area contributed by atoms with Crippen LogP contribution in [-0.4, -0.2) is 11.8 Å². The van der Waals surface area contributed by atoms with E-state index in [-0.39, 0.29) is 16.8 Å². The summed E-state index contributed by atoms with van der Waals surface area (Å²) < 4.78 is 41.6. The molecule has 2 amide bonds. The fourth-order valence-electron chi connectivity index (χ4n) is 3.37. The van der Waals surface area contributed by atoms with Crippen molar-refractivity contribution >= 4 is 28.8 Å². The molecule has 31 heavy (non-hydrogen) atoms. The van der Waals surface area contributed by atoms with Gasteiger partial charge in [0, 0.05) is 11.8 Å². The molecule has 1 aliphatic rings. The van der Waals surface area contributed by atoms with Crippen LogP contribution in [0.1, 0.15) is 18.1 Å². The molecule has 7 heteroatoms. The largest absolute Gasteiger partial charge is 0.350 e. The lowest BCUT2D eigenvalue weighted by Crippen LogP contribution is -2.33. The third kappa shape index (κ3) is 3.82. The van der Waals surface area contributed by atoms with E-state index in [2.05, 4.69) is 5.32 Å². The van der Waals surface area contributed by atoms with Crippen LogP contribution in [-0.2, 0) is 16.0 Å². The number of imide groups is 1. The molecule has 0 radical (unpaired) electrons. The van der Waals surface area contributed by atoms with E-state index in [1.54, 1.807) is 12.1 Å². The van der Waals surface area contributed by atoms with Gasteiger partial charge in [-0.05, 0) is 53.9 Å². The number of halogens is 3. The van der Waals surface area contributed by atoms with Crippen LogP contribution in [0.3, 0.4) is 0 Å². The molecule has 4 nitrogen and oxygen atoms in total. The Labute approximate surface area is 176 Å². The topological polar surface area (TPSA) is 49.4 Å². The van der Waals surface area contributed by atoms with Crippen molar-refractivity contribution in [3.05, 3.63) is 101 Å². The number of nitrogens with one attached hydrogen (secondary N) is 1. The van der Waals surface area contributed by atoms with Crippen molar-refractivity contribution in [2.75, 3.05) is 10.2 Å². The number of aryl methyl sites for hydroxylation is 1. The molecule has 0 saturated heterocycles. The fraction of sp³-hybridized carbons (Fsp3) is 0.0833. The minimum absolute atomic E-state index is 0.0618. The third-order valence-corrected chi connectivity index (χ3v) is 5.00.